The Morgan fingerprint density at radius 3 is 2.48 bits per heavy atom. The number of pyridine rings is 1. The fraction of sp³-hybridized carbons (Fsp3) is 0.333. The molecule has 7 heteroatoms. The zero-order valence-electron chi connectivity index (χ0n) is 14.8. The van der Waals surface area contributed by atoms with E-state index in [1.807, 2.05) is 44.9 Å². The summed E-state index contributed by atoms with van der Waals surface area (Å²) in [5, 5.41) is 13.5. The van der Waals surface area contributed by atoms with Gasteiger partial charge < -0.3 is 10.2 Å². The lowest BCUT2D eigenvalue weighted by Gasteiger charge is -2.26. The van der Waals surface area contributed by atoms with Gasteiger partial charge in [-0.1, -0.05) is 0 Å². The first kappa shape index (κ1) is 18.4. The van der Waals surface area contributed by atoms with Gasteiger partial charge in [0.2, 0.25) is 5.91 Å². The summed E-state index contributed by atoms with van der Waals surface area (Å²) in [5.74, 6) is 0.423. The van der Waals surface area contributed by atoms with Crippen LogP contribution < -0.4 is 10.2 Å². The van der Waals surface area contributed by atoms with Crippen LogP contribution in [0.3, 0.4) is 0 Å². The van der Waals surface area contributed by atoms with Gasteiger partial charge >= 0.3 is 0 Å². The molecular weight excluding hydrogens is 320 g/mol. The molecule has 2 aromatic rings. The Bertz CT molecular complexity index is 754. The average Bonchev–Trinajstić information content (AvgIpc) is 2.53. The third-order valence-corrected chi connectivity index (χ3v) is 3.98. The zero-order chi connectivity index (χ0) is 18.6. The number of nitrogens with one attached hydrogen (secondary N) is 1. The van der Waals surface area contributed by atoms with Gasteiger partial charge in [-0.05, 0) is 50.6 Å². The van der Waals surface area contributed by atoms with Crippen LogP contribution >= 0.6 is 0 Å². The molecule has 1 unspecified atom stereocenters. The summed E-state index contributed by atoms with van der Waals surface area (Å²) in [4.78, 5) is 28.8. The van der Waals surface area contributed by atoms with Crippen molar-refractivity contribution in [2.24, 2.45) is 0 Å². The third kappa shape index (κ3) is 5.00. The van der Waals surface area contributed by atoms with Crippen LogP contribution in [0.5, 0.6) is 0 Å². The molecule has 0 fully saturated rings. The van der Waals surface area contributed by atoms with E-state index >= 15 is 0 Å². The van der Waals surface area contributed by atoms with Gasteiger partial charge in [0.05, 0.1) is 4.92 Å². The van der Waals surface area contributed by atoms with Crippen LogP contribution in [0.2, 0.25) is 0 Å². The van der Waals surface area contributed by atoms with E-state index in [2.05, 4.69) is 10.3 Å². The Balaban J connectivity index is 1.98. The van der Waals surface area contributed by atoms with Crippen molar-refractivity contribution in [2.75, 3.05) is 17.3 Å². The molecular formula is C18H22N4O3. The van der Waals surface area contributed by atoms with E-state index in [0.717, 1.165) is 16.9 Å². The molecule has 0 aliphatic heterocycles. The number of carbonyl (C=O) groups is 1. The lowest BCUT2D eigenvalue weighted by Crippen LogP contribution is -2.32. The maximum Gasteiger partial charge on any atom is 0.269 e. The van der Waals surface area contributed by atoms with Crippen molar-refractivity contribution in [1.82, 2.24) is 4.98 Å². The SMILES string of the molecule is Cc1cc(C)nc(NC(=O)CC(C)N(C)c2ccc([N+](=O)[O-])cc2)c1. The fourth-order valence-corrected chi connectivity index (χ4v) is 2.57. The topological polar surface area (TPSA) is 88.4 Å². The molecule has 0 saturated heterocycles. The minimum atomic E-state index is -0.433. The summed E-state index contributed by atoms with van der Waals surface area (Å²) in [5.41, 5.74) is 2.75. The van der Waals surface area contributed by atoms with Crippen LogP contribution in [0.4, 0.5) is 17.2 Å². The van der Waals surface area contributed by atoms with Crippen molar-refractivity contribution in [3.63, 3.8) is 0 Å². The summed E-state index contributed by atoms with van der Waals surface area (Å²) < 4.78 is 0. The highest BCUT2D eigenvalue weighted by Crippen LogP contribution is 2.21. The maximum atomic E-state index is 12.3. The van der Waals surface area contributed by atoms with Gasteiger partial charge in [-0.15, -0.1) is 0 Å². The lowest BCUT2D eigenvalue weighted by atomic mass is 10.1. The number of nitrogens with zero attached hydrogens (tertiary/aromatic N) is 3. The number of carbonyl (C=O) groups excluding carboxylic acids is 1. The number of anilines is 2. The van der Waals surface area contributed by atoms with Gasteiger partial charge in [-0.25, -0.2) is 4.98 Å². The van der Waals surface area contributed by atoms with Crippen molar-refractivity contribution < 1.29 is 9.72 Å². The predicted molar refractivity (Wildman–Crippen MR) is 97.9 cm³/mol. The van der Waals surface area contributed by atoms with Crippen molar-refractivity contribution >= 4 is 23.1 Å². The molecule has 1 N–H and O–H groups in total. The molecule has 2 rings (SSSR count). The van der Waals surface area contributed by atoms with Gasteiger partial charge in [0, 0.05) is 43.0 Å². The quantitative estimate of drug-likeness (QED) is 0.641. The highest BCUT2D eigenvalue weighted by atomic mass is 16.6. The van der Waals surface area contributed by atoms with Crippen LogP contribution in [0, 0.1) is 24.0 Å². The van der Waals surface area contributed by atoms with E-state index in [1.54, 1.807) is 12.1 Å². The maximum absolute atomic E-state index is 12.3. The molecule has 7 nitrogen and oxygen atoms in total. The molecule has 1 amide bonds. The standard InChI is InChI=1S/C18H22N4O3/c1-12-9-13(2)19-17(10-12)20-18(23)11-14(3)21(4)15-5-7-16(8-6-15)22(24)25/h5-10,14H,11H2,1-4H3,(H,19,20,23). The van der Waals surface area contributed by atoms with Crippen molar-refractivity contribution in [1.29, 1.82) is 0 Å². The van der Waals surface area contributed by atoms with Gasteiger partial charge in [0.1, 0.15) is 5.82 Å². The third-order valence-electron chi connectivity index (χ3n) is 3.98. The van der Waals surface area contributed by atoms with E-state index in [0.29, 0.717) is 5.82 Å². The molecule has 1 aromatic carbocycles. The number of rotatable bonds is 6. The Morgan fingerprint density at radius 1 is 1.28 bits per heavy atom. The van der Waals surface area contributed by atoms with Crippen molar-refractivity contribution in [3.8, 4) is 0 Å². The number of benzene rings is 1. The highest BCUT2D eigenvalue weighted by Gasteiger charge is 2.16. The zero-order valence-corrected chi connectivity index (χ0v) is 14.8. The lowest BCUT2D eigenvalue weighted by molar-refractivity contribution is -0.384. The molecule has 1 atom stereocenters. The monoisotopic (exact) mass is 342 g/mol. The molecule has 0 spiro atoms. The molecule has 0 radical (unpaired) electrons. The molecule has 132 valence electrons. The minimum Gasteiger partial charge on any atom is -0.371 e. The normalized spacial score (nSPS) is 11.7. The number of aromatic nitrogens is 1. The number of hydrogen-bond acceptors (Lipinski definition) is 5. The summed E-state index contributed by atoms with van der Waals surface area (Å²) in [6.07, 6.45) is 0.280. The van der Waals surface area contributed by atoms with Crippen molar-refractivity contribution in [2.45, 2.75) is 33.2 Å². The van der Waals surface area contributed by atoms with E-state index in [1.165, 1.54) is 12.1 Å². The summed E-state index contributed by atoms with van der Waals surface area (Å²) in [7, 11) is 1.86. The second-order valence-electron chi connectivity index (χ2n) is 6.16. The molecule has 0 bridgehead atoms. The summed E-state index contributed by atoms with van der Waals surface area (Å²) in [6, 6.07) is 9.97. The largest absolute Gasteiger partial charge is 0.371 e. The summed E-state index contributed by atoms with van der Waals surface area (Å²) >= 11 is 0. The van der Waals surface area contributed by atoms with Crippen LogP contribution in [0.15, 0.2) is 36.4 Å². The Morgan fingerprint density at radius 2 is 1.92 bits per heavy atom. The smallest absolute Gasteiger partial charge is 0.269 e. The molecule has 0 aliphatic carbocycles. The van der Waals surface area contributed by atoms with Crippen LogP contribution in [-0.2, 0) is 4.79 Å². The Labute approximate surface area is 146 Å². The number of nitro benzene ring substituents is 1. The number of aryl methyl sites for hydroxylation is 2. The van der Waals surface area contributed by atoms with E-state index in [4.69, 9.17) is 0 Å². The van der Waals surface area contributed by atoms with Gasteiger partial charge in [-0.3, -0.25) is 14.9 Å². The Kier molecular flexibility index (Phi) is 5.69. The van der Waals surface area contributed by atoms with Crippen LogP contribution in [-0.4, -0.2) is 28.9 Å². The molecule has 25 heavy (non-hydrogen) atoms. The number of amides is 1. The van der Waals surface area contributed by atoms with E-state index in [-0.39, 0.29) is 24.1 Å². The molecule has 1 aromatic heterocycles. The number of hydrogen-bond donors (Lipinski definition) is 1. The van der Waals surface area contributed by atoms with E-state index in [9.17, 15) is 14.9 Å². The number of non-ortho nitro benzene ring substituents is 1. The number of nitro groups is 1. The average molecular weight is 342 g/mol. The fourth-order valence-electron chi connectivity index (χ4n) is 2.57. The molecule has 1 heterocycles. The molecule has 0 aliphatic rings. The van der Waals surface area contributed by atoms with E-state index < -0.39 is 4.92 Å². The summed E-state index contributed by atoms with van der Waals surface area (Å²) in [6.45, 7) is 5.76. The second kappa shape index (κ2) is 7.74. The molecule has 0 saturated carbocycles. The van der Waals surface area contributed by atoms with Crippen LogP contribution in [0.1, 0.15) is 24.6 Å². The van der Waals surface area contributed by atoms with Gasteiger partial charge in [0.15, 0.2) is 0 Å². The highest BCUT2D eigenvalue weighted by molar-refractivity contribution is 5.90. The van der Waals surface area contributed by atoms with Gasteiger partial charge in [-0.2, -0.15) is 0 Å². The first-order chi connectivity index (χ1) is 11.8. The van der Waals surface area contributed by atoms with Gasteiger partial charge in [0.25, 0.3) is 5.69 Å². The first-order valence-corrected chi connectivity index (χ1v) is 7.98. The predicted octanol–water partition coefficient (Wildman–Crippen LogP) is 3.46. The second-order valence-corrected chi connectivity index (χ2v) is 6.16. The minimum absolute atomic E-state index is 0.0448. The first-order valence-electron chi connectivity index (χ1n) is 7.98. The Hall–Kier alpha value is -2.96. The van der Waals surface area contributed by atoms with Crippen LogP contribution in [0.25, 0.3) is 0 Å². The van der Waals surface area contributed by atoms with Crippen molar-refractivity contribution in [3.05, 3.63) is 57.8 Å².